The number of benzene rings is 1. The van der Waals surface area contributed by atoms with Gasteiger partial charge in [-0.1, -0.05) is 28.1 Å². The summed E-state index contributed by atoms with van der Waals surface area (Å²) in [5, 5.41) is 9.05. The second-order valence-electron chi connectivity index (χ2n) is 4.93. The summed E-state index contributed by atoms with van der Waals surface area (Å²) in [4.78, 5) is 5.05. The lowest BCUT2D eigenvalue weighted by molar-refractivity contribution is 0.204. The predicted molar refractivity (Wildman–Crippen MR) is 90.4 cm³/mol. The molecule has 0 amide bonds. The molecule has 6 heteroatoms. The molecule has 3 N–H and O–H groups in total. The summed E-state index contributed by atoms with van der Waals surface area (Å²) in [5.74, 6) is 0. The Labute approximate surface area is 133 Å². The van der Waals surface area contributed by atoms with Crippen molar-refractivity contribution in [1.29, 1.82) is 0 Å². The minimum atomic E-state index is 0.219. The minimum absolute atomic E-state index is 0.219. The number of rotatable bonds is 4. The van der Waals surface area contributed by atoms with Crippen molar-refractivity contribution < 1.29 is 5.11 Å². The van der Waals surface area contributed by atoms with E-state index in [1.165, 1.54) is 0 Å². The van der Waals surface area contributed by atoms with Crippen LogP contribution in [0.3, 0.4) is 0 Å². The first-order valence-electron chi connectivity index (χ1n) is 6.79. The lowest BCUT2D eigenvalue weighted by atomic mass is 10.1. The number of hydrogen-bond acceptors (Lipinski definition) is 4. The van der Waals surface area contributed by atoms with Crippen LogP contribution in [-0.4, -0.2) is 54.3 Å². The van der Waals surface area contributed by atoms with Crippen LogP contribution in [0.15, 0.2) is 22.7 Å². The van der Waals surface area contributed by atoms with E-state index in [0.717, 1.165) is 54.9 Å². The molecule has 0 unspecified atom stereocenters. The van der Waals surface area contributed by atoms with E-state index in [0.29, 0.717) is 4.99 Å². The van der Waals surface area contributed by atoms with E-state index in [4.69, 9.17) is 23.1 Å². The molecule has 1 heterocycles. The van der Waals surface area contributed by atoms with Crippen molar-refractivity contribution in [2.45, 2.75) is 6.42 Å². The Morgan fingerprint density at radius 2 is 2.10 bits per heavy atom. The van der Waals surface area contributed by atoms with E-state index in [1.807, 2.05) is 12.1 Å². The van der Waals surface area contributed by atoms with Crippen molar-refractivity contribution in [1.82, 2.24) is 4.90 Å². The standard InChI is InChI=1S/C14H20BrN3OS/c15-11-2-3-13(12(10-11)14(16)20)18-5-1-4-17(6-7-18)8-9-19/h2-3,10,19H,1,4-9H2,(H2,16,20). The molecule has 0 spiro atoms. The molecular weight excluding hydrogens is 338 g/mol. The quantitative estimate of drug-likeness (QED) is 0.801. The van der Waals surface area contributed by atoms with Crippen molar-refractivity contribution >= 4 is 38.8 Å². The first-order valence-corrected chi connectivity index (χ1v) is 7.99. The second kappa shape index (κ2) is 7.36. The van der Waals surface area contributed by atoms with Gasteiger partial charge in [-0.05, 0) is 31.2 Å². The van der Waals surface area contributed by atoms with Crippen LogP contribution < -0.4 is 10.6 Å². The van der Waals surface area contributed by atoms with Crippen LogP contribution in [0, 0.1) is 0 Å². The van der Waals surface area contributed by atoms with Gasteiger partial charge in [-0.25, -0.2) is 0 Å². The maximum Gasteiger partial charge on any atom is 0.106 e. The summed E-state index contributed by atoms with van der Waals surface area (Å²) in [5.41, 5.74) is 7.87. The fourth-order valence-electron chi connectivity index (χ4n) is 2.56. The number of nitrogens with zero attached hydrogens (tertiary/aromatic N) is 2. The highest BCUT2D eigenvalue weighted by Gasteiger charge is 2.18. The lowest BCUT2D eigenvalue weighted by Crippen LogP contribution is -2.33. The molecule has 0 atom stereocenters. The molecule has 0 saturated carbocycles. The summed E-state index contributed by atoms with van der Waals surface area (Å²) in [7, 11) is 0. The molecule has 0 aliphatic carbocycles. The zero-order valence-corrected chi connectivity index (χ0v) is 13.8. The fourth-order valence-corrected chi connectivity index (χ4v) is 3.08. The summed E-state index contributed by atoms with van der Waals surface area (Å²) in [6.07, 6.45) is 1.08. The summed E-state index contributed by atoms with van der Waals surface area (Å²) < 4.78 is 0.987. The van der Waals surface area contributed by atoms with Crippen LogP contribution in [-0.2, 0) is 0 Å². The lowest BCUT2D eigenvalue weighted by Gasteiger charge is -2.25. The molecule has 1 fully saturated rings. The summed E-state index contributed by atoms with van der Waals surface area (Å²) in [6, 6.07) is 6.07. The van der Waals surface area contributed by atoms with Gasteiger partial charge in [-0.15, -0.1) is 0 Å². The number of anilines is 1. The maximum atomic E-state index is 9.05. The summed E-state index contributed by atoms with van der Waals surface area (Å²) in [6.45, 7) is 4.85. The zero-order valence-electron chi connectivity index (χ0n) is 11.4. The van der Waals surface area contributed by atoms with E-state index >= 15 is 0 Å². The van der Waals surface area contributed by atoms with Gasteiger partial charge in [0.25, 0.3) is 0 Å². The van der Waals surface area contributed by atoms with Crippen LogP contribution >= 0.6 is 28.1 Å². The zero-order chi connectivity index (χ0) is 14.5. The van der Waals surface area contributed by atoms with Gasteiger partial charge in [0.1, 0.15) is 4.99 Å². The molecule has 20 heavy (non-hydrogen) atoms. The number of halogens is 1. The number of hydrogen-bond donors (Lipinski definition) is 2. The first kappa shape index (κ1) is 15.7. The normalized spacial score (nSPS) is 17.0. The van der Waals surface area contributed by atoms with Crippen LogP contribution in [0.1, 0.15) is 12.0 Å². The number of aliphatic hydroxyl groups excluding tert-OH is 1. The SMILES string of the molecule is NC(=S)c1cc(Br)ccc1N1CCCN(CCO)CC1. The van der Waals surface area contributed by atoms with Gasteiger partial charge >= 0.3 is 0 Å². The Morgan fingerprint density at radius 3 is 2.80 bits per heavy atom. The molecule has 110 valence electrons. The van der Waals surface area contributed by atoms with Gasteiger partial charge in [0.05, 0.1) is 6.61 Å². The van der Waals surface area contributed by atoms with E-state index in [-0.39, 0.29) is 6.61 Å². The minimum Gasteiger partial charge on any atom is -0.395 e. The van der Waals surface area contributed by atoms with Gasteiger partial charge in [-0.2, -0.15) is 0 Å². The number of thiocarbonyl (C=S) groups is 1. The number of nitrogens with two attached hydrogens (primary N) is 1. The maximum absolute atomic E-state index is 9.05. The summed E-state index contributed by atoms with van der Waals surface area (Å²) >= 11 is 8.63. The van der Waals surface area contributed by atoms with E-state index in [2.05, 4.69) is 31.8 Å². The van der Waals surface area contributed by atoms with Crippen molar-refractivity contribution in [2.24, 2.45) is 5.73 Å². The molecule has 4 nitrogen and oxygen atoms in total. The van der Waals surface area contributed by atoms with Crippen LogP contribution in [0.4, 0.5) is 5.69 Å². The van der Waals surface area contributed by atoms with Gasteiger partial charge in [-0.3, -0.25) is 4.90 Å². The Morgan fingerprint density at radius 1 is 1.30 bits per heavy atom. The van der Waals surface area contributed by atoms with Crippen LogP contribution in [0.5, 0.6) is 0 Å². The van der Waals surface area contributed by atoms with Crippen molar-refractivity contribution in [2.75, 3.05) is 44.2 Å². The van der Waals surface area contributed by atoms with Crippen LogP contribution in [0.2, 0.25) is 0 Å². The molecule has 0 radical (unpaired) electrons. The highest BCUT2D eigenvalue weighted by atomic mass is 79.9. The highest BCUT2D eigenvalue weighted by molar-refractivity contribution is 9.10. The molecule has 2 rings (SSSR count). The number of aliphatic hydroxyl groups is 1. The van der Waals surface area contributed by atoms with E-state index in [1.54, 1.807) is 0 Å². The Bertz CT molecular complexity index is 483. The van der Waals surface area contributed by atoms with E-state index in [9.17, 15) is 0 Å². The fraction of sp³-hybridized carbons (Fsp3) is 0.500. The largest absolute Gasteiger partial charge is 0.395 e. The third-order valence-electron chi connectivity index (χ3n) is 3.57. The van der Waals surface area contributed by atoms with Crippen molar-refractivity contribution in [3.8, 4) is 0 Å². The highest BCUT2D eigenvalue weighted by Crippen LogP contribution is 2.25. The van der Waals surface area contributed by atoms with Gasteiger partial charge in [0.2, 0.25) is 0 Å². The third-order valence-corrected chi connectivity index (χ3v) is 4.28. The molecule has 0 bridgehead atoms. The Hall–Kier alpha value is -0.690. The topological polar surface area (TPSA) is 52.7 Å². The van der Waals surface area contributed by atoms with Crippen LogP contribution in [0.25, 0.3) is 0 Å². The van der Waals surface area contributed by atoms with Crippen molar-refractivity contribution in [3.05, 3.63) is 28.2 Å². The van der Waals surface area contributed by atoms with Gasteiger partial charge < -0.3 is 15.7 Å². The molecule has 1 saturated heterocycles. The second-order valence-corrected chi connectivity index (χ2v) is 6.29. The molecule has 1 aliphatic heterocycles. The average Bonchev–Trinajstić information content (AvgIpc) is 2.65. The molecule has 1 aromatic carbocycles. The Kier molecular flexibility index (Phi) is 5.77. The van der Waals surface area contributed by atoms with E-state index < -0.39 is 0 Å². The molecular formula is C14H20BrN3OS. The average molecular weight is 358 g/mol. The predicted octanol–water partition coefficient (Wildman–Crippen LogP) is 1.59. The Balaban J connectivity index is 2.17. The number of β-amino-alcohol motifs (C(OH)–C–C–N with tert-alkyl or cyclic N) is 1. The monoisotopic (exact) mass is 357 g/mol. The van der Waals surface area contributed by atoms with Gasteiger partial charge in [0, 0.05) is 41.9 Å². The third kappa shape index (κ3) is 3.91. The molecule has 0 aromatic heterocycles. The first-order chi connectivity index (χ1) is 9.61. The van der Waals surface area contributed by atoms with Crippen molar-refractivity contribution in [3.63, 3.8) is 0 Å². The molecule has 1 aliphatic rings. The smallest absolute Gasteiger partial charge is 0.106 e. The van der Waals surface area contributed by atoms with Gasteiger partial charge in [0.15, 0.2) is 0 Å². The molecule has 1 aromatic rings.